The maximum absolute atomic E-state index is 14.4. The van der Waals surface area contributed by atoms with Crippen molar-refractivity contribution in [3.05, 3.63) is 62.9 Å². The van der Waals surface area contributed by atoms with E-state index in [1.165, 1.54) is 66.2 Å². The number of aromatic nitrogens is 2. The zero-order chi connectivity index (χ0) is 88.8. The van der Waals surface area contributed by atoms with Crippen LogP contribution in [0.4, 0.5) is 0 Å². The number of esters is 2. The predicted octanol–water partition coefficient (Wildman–Crippen LogP) is -1.56. The monoisotopic (exact) mass is 1690 g/mol. The van der Waals surface area contributed by atoms with Gasteiger partial charge in [0, 0.05) is 118 Å². The number of para-hydroxylation sites is 1. The fourth-order valence-corrected chi connectivity index (χ4v) is 13.5. The van der Waals surface area contributed by atoms with Crippen LogP contribution in [0.2, 0.25) is 0 Å². The van der Waals surface area contributed by atoms with E-state index in [9.17, 15) is 91.4 Å². The molecule has 1 unspecified atom stereocenters. The number of likely N-dealkylation sites (tertiary alicyclic amines) is 1. The number of aryl methyl sites for hydroxylation is 1. The van der Waals surface area contributed by atoms with Crippen LogP contribution in [-0.2, 0) is 130 Å². The Morgan fingerprint density at radius 2 is 1.07 bits per heavy atom. The van der Waals surface area contributed by atoms with E-state index in [4.69, 9.17) is 33.8 Å². The second-order valence-corrected chi connectivity index (χ2v) is 30.3. The van der Waals surface area contributed by atoms with Gasteiger partial charge in [-0.1, -0.05) is 52.3 Å². The summed E-state index contributed by atoms with van der Waals surface area (Å²) >= 11 is 0. The van der Waals surface area contributed by atoms with Crippen LogP contribution in [0.25, 0.3) is 22.3 Å². The third kappa shape index (κ3) is 27.8. The van der Waals surface area contributed by atoms with Crippen molar-refractivity contribution < 1.29 is 115 Å². The topological polar surface area (TPSA) is 489 Å². The van der Waals surface area contributed by atoms with E-state index in [1.54, 1.807) is 31.4 Å². The van der Waals surface area contributed by atoms with Gasteiger partial charge >= 0.3 is 23.9 Å². The van der Waals surface area contributed by atoms with E-state index in [1.807, 2.05) is 31.2 Å². The number of pyridine rings is 2. The van der Waals surface area contributed by atoms with Crippen molar-refractivity contribution in [2.45, 2.75) is 148 Å². The molecule has 13 amide bonds. The minimum Gasteiger partial charge on any atom is -0.481 e. The number of nitrogens with zero attached hydrogens (tertiary/aromatic N) is 11. The Morgan fingerprint density at radius 1 is 0.567 bits per heavy atom. The molecule has 0 spiro atoms. The molecule has 1 aromatic carbocycles. The van der Waals surface area contributed by atoms with Gasteiger partial charge in [-0.05, 0) is 68.6 Å². The van der Waals surface area contributed by atoms with Gasteiger partial charge in [-0.15, -0.1) is 0 Å². The summed E-state index contributed by atoms with van der Waals surface area (Å²) in [6, 6.07) is 5.21. The first-order valence-corrected chi connectivity index (χ1v) is 39.9. The highest BCUT2D eigenvalue weighted by Gasteiger charge is 2.52. The van der Waals surface area contributed by atoms with Crippen LogP contribution >= 0.6 is 0 Å². The molecule has 4 atom stereocenters. The molecule has 1 fully saturated rings. The molecule has 40 nitrogen and oxygen atoms in total. The first kappa shape index (κ1) is 97.3. The second-order valence-electron chi connectivity index (χ2n) is 30.3. The van der Waals surface area contributed by atoms with Gasteiger partial charge in [0.2, 0.25) is 82.4 Å². The number of nitrogens with one attached hydrogen (secondary N) is 4. The number of rotatable bonds is 49. The molecule has 0 bridgehead atoms. The summed E-state index contributed by atoms with van der Waals surface area (Å²) in [7, 11) is 10.6. The van der Waals surface area contributed by atoms with Gasteiger partial charge in [-0.25, -0.2) is 14.6 Å². The molecule has 6 N–H and O–H groups in total. The minimum atomic E-state index is -2.09. The maximum Gasteiger partial charge on any atom is 0.355 e. The van der Waals surface area contributed by atoms with Crippen LogP contribution in [0.1, 0.15) is 127 Å². The number of hydrogen-bond donors (Lipinski definition) is 6. The number of fused-ring (bicyclic) bond motifs is 5. The summed E-state index contributed by atoms with van der Waals surface area (Å²) < 4.78 is 29.9. The van der Waals surface area contributed by atoms with Gasteiger partial charge in [-0.3, -0.25) is 76.7 Å². The first-order chi connectivity index (χ1) is 56.8. The number of hydrogen-bond acceptors (Lipinski definition) is 24. The largest absolute Gasteiger partial charge is 0.481 e. The molecule has 5 heterocycles. The number of unbranched alkanes of at least 4 members (excludes halogenated alkanes) is 2. The number of carbonyl (C=O) groups is 17. The minimum absolute atomic E-state index is 0.0356. The SMILES string of the molecule is CCc1c2c(nc3ccccc13)-c1cc3c(c(=O)n1C2)COC(=O)[C@@]3(CC)OC(=O)[C@@H](NC(=O)[C@@H]1CCCN1C(=O)C(CC(=O)O)NC(=O)CCOCCOCCOCCNC(=O)CCCCCNC(=O)CCCC(=O)N(C)CC(=O)N(C)CC(=O)N(C)CC(=O)N(C)CC(=O)N(C)CC(=O)N(C)CC(=O)N(C)CC(=O)N(C)CC(=O)O)C(C)C. The van der Waals surface area contributed by atoms with E-state index < -0.39 is 176 Å². The molecule has 120 heavy (non-hydrogen) atoms. The first-order valence-electron chi connectivity index (χ1n) is 39.9. The average molecular weight is 1690 g/mol. The maximum atomic E-state index is 14.4. The lowest BCUT2D eigenvalue weighted by Crippen LogP contribution is -2.57. The molecule has 0 aliphatic carbocycles. The Bertz CT molecular complexity index is 4320. The number of carboxylic acids is 2. The van der Waals surface area contributed by atoms with Gasteiger partial charge in [0.25, 0.3) is 5.56 Å². The van der Waals surface area contributed by atoms with Crippen molar-refractivity contribution in [2.24, 2.45) is 5.92 Å². The highest BCUT2D eigenvalue weighted by molar-refractivity contribution is 5.98. The van der Waals surface area contributed by atoms with Crippen LogP contribution in [0.3, 0.4) is 0 Å². The summed E-state index contributed by atoms with van der Waals surface area (Å²) in [6.45, 7) is 4.50. The molecule has 3 aliphatic rings. The van der Waals surface area contributed by atoms with Crippen LogP contribution in [0, 0.1) is 5.92 Å². The summed E-state index contributed by atoms with van der Waals surface area (Å²) in [5.74, 6) is -12.7. The van der Waals surface area contributed by atoms with Gasteiger partial charge in [0.05, 0.1) is 121 Å². The zero-order valence-electron chi connectivity index (χ0n) is 70.5. The molecular formula is C80H115N15O25. The highest BCUT2D eigenvalue weighted by atomic mass is 16.6. The number of benzene rings is 1. The van der Waals surface area contributed by atoms with Crippen LogP contribution in [0.5, 0.6) is 0 Å². The molecule has 2 aromatic heterocycles. The lowest BCUT2D eigenvalue weighted by Gasteiger charge is -2.37. The average Bonchev–Trinajstić information content (AvgIpc) is 1.13. The van der Waals surface area contributed by atoms with Gasteiger partial charge in [0.15, 0.2) is 0 Å². The van der Waals surface area contributed by atoms with Crippen molar-refractivity contribution in [3.8, 4) is 11.4 Å². The zero-order valence-corrected chi connectivity index (χ0v) is 70.5. The molecule has 6 rings (SSSR count). The van der Waals surface area contributed by atoms with Crippen molar-refractivity contribution in [3.63, 3.8) is 0 Å². The van der Waals surface area contributed by atoms with E-state index >= 15 is 0 Å². The van der Waals surface area contributed by atoms with E-state index in [0.717, 1.165) is 56.3 Å². The van der Waals surface area contributed by atoms with Crippen molar-refractivity contribution in [2.75, 3.05) is 168 Å². The van der Waals surface area contributed by atoms with Crippen LogP contribution < -0.4 is 26.8 Å². The summed E-state index contributed by atoms with van der Waals surface area (Å²) in [5.41, 5.74) is 1.43. The summed E-state index contributed by atoms with van der Waals surface area (Å²) in [5, 5.41) is 30.4. The van der Waals surface area contributed by atoms with Crippen molar-refractivity contribution in [1.82, 2.24) is 74.9 Å². The number of carbonyl (C=O) groups excluding carboxylic acids is 15. The highest BCUT2D eigenvalue weighted by Crippen LogP contribution is 2.42. The fraction of sp³-hybridized carbons (Fsp3) is 0.613. The lowest BCUT2D eigenvalue weighted by atomic mass is 9.85. The van der Waals surface area contributed by atoms with E-state index in [0.29, 0.717) is 50.0 Å². The van der Waals surface area contributed by atoms with Crippen molar-refractivity contribution >= 4 is 112 Å². The Balaban J connectivity index is 0.770. The lowest BCUT2D eigenvalue weighted by molar-refractivity contribution is -0.191. The Hall–Kier alpha value is -11.5. The molecule has 3 aromatic rings. The van der Waals surface area contributed by atoms with Crippen molar-refractivity contribution in [1.29, 1.82) is 0 Å². The van der Waals surface area contributed by atoms with Gasteiger partial charge < -0.3 is 104 Å². The smallest absolute Gasteiger partial charge is 0.355 e. The van der Waals surface area contributed by atoms with Crippen LogP contribution in [-0.4, -0.2) is 351 Å². The predicted molar refractivity (Wildman–Crippen MR) is 428 cm³/mol. The third-order valence-electron chi connectivity index (χ3n) is 20.7. The summed E-state index contributed by atoms with van der Waals surface area (Å²) in [4.78, 5) is 249. The Kier molecular flexibility index (Phi) is 37.9. The molecule has 0 saturated carbocycles. The van der Waals surface area contributed by atoms with E-state index in [-0.39, 0.29) is 140 Å². The van der Waals surface area contributed by atoms with Gasteiger partial charge in [-0.2, -0.15) is 0 Å². The molecule has 660 valence electrons. The normalized spacial score (nSPS) is 14.8. The van der Waals surface area contributed by atoms with Crippen LogP contribution in [0.15, 0.2) is 35.1 Å². The summed E-state index contributed by atoms with van der Waals surface area (Å²) in [6.07, 6.45) is 2.24. The molecule has 0 radical (unpaired) electrons. The Labute approximate surface area is 695 Å². The number of cyclic esters (lactones) is 1. The number of ether oxygens (including phenoxy) is 5. The fourth-order valence-electron chi connectivity index (χ4n) is 13.5. The molecular weight excluding hydrogens is 1570 g/mol. The quantitative estimate of drug-likeness (QED) is 0.0215. The van der Waals surface area contributed by atoms with Gasteiger partial charge in [0.1, 0.15) is 31.3 Å². The Morgan fingerprint density at radius 3 is 1.58 bits per heavy atom. The van der Waals surface area contributed by atoms with E-state index in [2.05, 4.69) is 21.3 Å². The number of amides is 13. The molecule has 3 aliphatic heterocycles. The number of aliphatic carboxylic acids is 2. The molecule has 40 heteroatoms. The standard InChI is InChI=1S/C80H115N15O25/c1-13-51-52-22-17-18-23-56(52)84-74-53(51)40-95-59(74)38-55-54(76(95)112)49-119-79(115)80(55,14-2)120-78(114)73(50(3)4)85-75(111)58-24-21-31-94(58)77(113)57(39-71(107)108)83-62(98)28-32-116-34-36-118-37-35-117-33-30-82-60(96)25-16-15-19-29-81-61(97)26-20-27-63(99)86(5)41-64(100)87(6)42-65(101)88(7)43-66(102)89(8)44-67(103)90(9)45-68(104)91(10)46-69(105)92(11)47-70(106)93(12)48-72(109)110/h17-18,22-23,38,50,57-58,73H,13-16,19-21,24-37,39-49H2,1-12H3,(H,81,97)(H,82,96)(H,83,98)(H,85,111)(H,107,108)(H,109,110)/t57?,58-,73-,80-/m0/s1. The number of likely N-dealkylation sites (N-methyl/N-ethyl adjacent to an activating group) is 8. The second kappa shape index (κ2) is 46.7. The molecule has 1 saturated heterocycles. The number of carboxylic acid groups (broad SMARTS) is 2. The third-order valence-corrected chi connectivity index (χ3v) is 20.7.